The van der Waals surface area contributed by atoms with Crippen LogP contribution in [-0.2, 0) is 0 Å². The number of hydrogen-bond donors (Lipinski definition) is 0. The van der Waals surface area contributed by atoms with Gasteiger partial charge in [0.2, 0.25) is 0 Å². The Kier molecular flexibility index (Phi) is 2.03. The third-order valence-corrected chi connectivity index (χ3v) is 2.53. The van der Waals surface area contributed by atoms with Crippen molar-refractivity contribution in [3.8, 4) is 0 Å². The van der Waals surface area contributed by atoms with Crippen LogP contribution in [0.1, 0.15) is 26.2 Å². The second kappa shape index (κ2) is 3.18. The van der Waals surface area contributed by atoms with Crippen LogP contribution in [0.4, 0.5) is 0 Å². The van der Waals surface area contributed by atoms with Gasteiger partial charge in [0, 0.05) is 12.2 Å². The van der Waals surface area contributed by atoms with Gasteiger partial charge in [-0.25, -0.2) is 0 Å². The Morgan fingerprint density at radius 1 is 1.25 bits per heavy atom. The van der Waals surface area contributed by atoms with Crippen LogP contribution in [0, 0.1) is 0 Å². The zero-order chi connectivity index (χ0) is 8.39. The van der Waals surface area contributed by atoms with Gasteiger partial charge in [-0.15, -0.1) is 0 Å². The summed E-state index contributed by atoms with van der Waals surface area (Å²) in [4.78, 5) is 2.36. The summed E-state index contributed by atoms with van der Waals surface area (Å²) in [6.07, 6.45) is 12.6. The van der Waals surface area contributed by atoms with Crippen LogP contribution in [0.2, 0.25) is 0 Å². The maximum Gasteiger partial charge on any atom is 0.0257 e. The smallest absolute Gasteiger partial charge is 0.0257 e. The maximum absolute atomic E-state index is 2.36. The van der Waals surface area contributed by atoms with E-state index in [0.717, 1.165) is 0 Å². The first-order valence-electron chi connectivity index (χ1n) is 4.66. The molecule has 1 heterocycles. The summed E-state index contributed by atoms with van der Waals surface area (Å²) < 4.78 is 0. The summed E-state index contributed by atoms with van der Waals surface area (Å²) in [6, 6.07) is 0. The number of rotatable bonds is 1. The summed E-state index contributed by atoms with van der Waals surface area (Å²) in [5.41, 5.74) is 2.98. The summed E-state index contributed by atoms with van der Waals surface area (Å²) in [6.45, 7) is 3.38. The van der Waals surface area contributed by atoms with Gasteiger partial charge in [0.05, 0.1) is 0 Å². The van der Waals surface area contributed by atoms with Crippen molar-refractivity contribution < 1.29 is 0 Å². The van der Waals surface area contributed by atoms with Crippen LogP contribution < -0.4 is 0 Å². The van der Waals surface area contributed by atoms with Gasteiger partial charge in [0.1, 0.15) is 0 Å². The van der Waals surface area contributed by atoms with E-state index in [1.54, 1.807) is 0 Å². The van der Waals surface area contributed by atoms with E-state index in [-0.39, 0.29) is 0 Å². The lowest BCUT2D eigenvalue weighted by atomic mass is 10.0. The highest BCUT2D eigenvalue weighted by Gasteiger charge is 2.11. The summed E-state index contributed by atoms with van der Waals surface area (Å²) in [5, 5.41) is 0. The summed E-state index contributed by atoms with van der Waals surface area (Å²) >= 11 is 0. The molecule has 0 radical (unpaired) electrons. The van der Waals surface area contributed by atoms with E-state index in [9.17, 15) is 0 Å². The Balaban J connectivity index is 2.09. The van der Waals surface area contributed by atoms with Gasteiger partial charge in [0.15, 0.2) is 0 Å². The molecule has 0 atom stereocenters. The van der Waals surface area contributed by atoms with Crippen molar-refractivity contribution in [3.05, 3.63) is 35.7 Å². The van der Waals surface area contributed by atoms with Crippen molar-refractivity contribution >= 4 is 0 Å². The van der Waals surface area contributed by atoms with E-state index in [2.05, 4.69) is 36.3 Å². The Labute approximate surface area is 74.1 Å². The fourth-order valence-corrected chi connectivity index (χ4v) is 1.70. The van der Waals surface area contributed by atoms with Crippen LogP contribution in [0.5, 0.6) is 0 Å². The zero-order valence-electron chi connectivity index (χ0n) is 7.59. The first kappa shape index (κ1) is 7.66. The Morgan fingerprint density at radius 2 is 2.17 bits per heavy atom. The Hall–Kier alpha value is -0.980. The maximum atomic E-state index is 2.36. The molecule has 64 valence electrons. The minimum atomic E-state index is 1.18. The first-order valence-corrected chi connectivity index (χ1v) is 4.66. The molecule has 1 aliphatic carbocycles. The molecule has 1 aliphatic heterocycles. The predicted octanol–water partition coefficient (Wildman–Crippen LogP) is 2.83. The number of hydrogen-bond acceptors (Lipinski definition) is 1. The van der Waals surface area contributed by atoms with Crippen molar-refractivity contribution in [3.63, 3.8) is 0 Å². The molecule has 0 bridgehead atoms. The zero-order valence-corrected chi connectivity index (χ0v) is 7.59. The van der Waals surface area contributed by atoms with Crippen LogP contribution in [0.25, 0.3) is 0 Å². The first-order chi connectivity index (χ1) is 5.86. The molecular weight excluding hydrogens is 146 g/mol. The molecule has 0 saturated heterocycles. The van der Waals surface area contributed by atoms with Crippen molar-refractivity contribution in [2.45, 2.75) is 26.2 Å². The SMILES string of the molecule is CC1=CC=C(N2C=CCC2)CC1. The molecule has 1 nitrogen and oxygen atoms in total. The fourth-order valence-electron chi connectivity index (χ4n) is 1.70. The number of nitrogens with zero attached hydrogens (tertiary/aromatic N) is 1. The molecule has 12 heavy (non-hydrogen) atoms. The van der Waals surface area contributed by atoms with Gasteiger partial charge in [-0.3, -0.25) is 0 Å². The molecule has 2 rings (SSSR count). The van der Waals surface area contributed by atoms with Gasteiger partial charge in [-0.2, -0.15) is 0 Å². The average molecular weight is 161 g/mol. The third-order valence-electron chi connectivity index (χ3n) is 2.53. The quantitative estimate of drug-likeness (QED) is 0.571. The molecule has 2 aliphatic rings. The molecule has 0 unspecified atom stereocenters. The lowest BCUT2D eigenvalue weighted by Crippen LogP contribution is -2.14. The molecule has 0 saturated carbocycles. The predicted molar refractivity (Wildman–Crippen MR) is 51.5 cm³/mol. The molecule has 0 fully saturated rings. The van der Waals surface area contributed by atoms with E-state index in [4.69, 9.17) is 0 Å². The van der Waals surface area contributed by atoms with E-state index >= 15 is 0 Å². The Bertz CT molecular complexity index is 258. The molecule has 0 aromatic carbocycles. The van der Waals surface area contributed by atoms with Crippen LogP contribution >= 0.6 is 0 Å². The topological polar surface area (TPSA) is 3.24 Å². The van der Waals surface area contributed by atoms with Crippen LogP contribution in [-0.4, -0.2) is 11.4 Å². The lowest BCUT2D eigenvalue weighted by Gasteiger charge is -2.21. The van der Waals surface area contributed by atoms with Crippen LogP contribution in [0.15, 0.2) is 35.7 Å². The van der Waals surface area contributed by atoms with Crippen molar-refractivity contribution in [2.24, 2.45) is 0 Å². The number of allylic oxidation sites excluding steroid dienone is 4. The fraction of sp³-hybridized carbons (Fsp3) is 0.455. The second-order valence-electron chi connectivity index (χ2n) is 3.54. The van der Waals surface area contributed by atoms with Crippen molar-refractivity contribution in [2.75, 3.05) is 6.54 Å². The molecule has 0 aromatic heterocycles. The molecule has 0 spiro atoms. The molecule has 0 N–H and O–H groups in total. The Morgan fingerprint density at radius 3 is 2.75 bits per heavy atom. The van der Waals surface area contributed by atoms with Gasteiger partial charge in [-0.1, -0.05) is 17.7 Å². The van der Waals surface area contributed by atoms with Crippen LogP contribution in [0.3, 0.4) is 0 Å². The summed E-state index contributed by atoms with van der Waals surface area (Å²) in [5.74, 6) is 0. The third kappa shape index (κ3) is 1.45. The highest BCUT2D eigenvalue weighted by molar-refractivity contribution is 5.24. The van der Waals surface area contributed by atoms with Gasteiger partial charge in [0.25, 0.3) is 0 Å². The highest BCUT2D eigenvalue weighted by Crippen LogP contribution is 2.23. The molecular formula is C11H15N. The van der Waals surface area contributed by atoms with E-state index in [1.807, 2.05) is 0 Å². The minimum absolute atomic E-state index is 1.18. The van der Waals surface area contributed by atoms with Crippen molar-refractivity contribution in [1.29, 1.82) is 0 Å². The van der Waals surface area contributed by atoms with Gasteiger partial charge >= 0.3 is 0 Å². The van der Waals surface area contributed by atoms with Gasteiger partial charge < -0.3 is 4.90 Å². The van der Waals surface area contributed by atoms with Gasteiger partial charge in [-0.05, 0) is 38.5 Å². The van der Waals surface area contributed by atoms with Crippen molar-refractivity contribution in [1.82, 2.24) is 4.90 Å². The van der Waals surface area contributed by atoms with E-state index < -0.39 is 0 Å². The van der Waals surface area contributed by atoms with E-state index in [1.165, 1.54) is 37.1 Å². The lowest BCUT2D eigenvalue weighted by molar-refractivity contribution is 0.477. The average Bonchev–Trinajstić information content (AvgIpc) is 2.58. The molecule has 0 aromatic rings. The molecule has 0 amide bonds. The minimum Gasteiger partial charge on any atom is -0.351 e. The molecule has 1 heteroatoms. The largest absolute Gasteiger partial charge is 0.351 e. The van der Waals surface area contributed by atoms with E-state index in [0.29, 0.717) is 0 Å². The highest BCUT2D eigenvalue weighted by atomic mass is 15.1. The monoisotopic (exact) mass is 161 g/mol. The normalized spacial score (nSPS) is 22.6. The summed E-state index contributed by atoms with van der Waals surface area (Å²) in [7, 11) is 0. The standard InChI is InChI=1S/C11H15N/c1-10-4-6-11(7-5-10)12-8-2-3-9-12/h2,4,6,8H,3,5,7,9H2,1H3. The second-order valence-corrected chi connectivity index (χ2v) is 3.54.